The Morgan fingerprint density at radius 3 is 2.34 bits per heavy atom. The highest BCUT2D eigenvalue weighted by atomic mass is 32.2. The number of carbonyl (C=O) groups excluding carboxylic acids is 1. The van der Waals surface area contributed by atoms with Gasteiger partial charge < -0.3 is 19.4 Å². The summed E-state index contributed by atoms with van der Waals surface area (Å²) in [7, 11) is 1.65. The zero-order chi connectivity index (χ0) is 25.2. The van der Waals surface area contributed by atoms with Crippen LogP contribution in [0.25, 0.3) is 0 Å². The summed E-state index contributed by atoms with van der Waals surface area (Å²) < 4.78 is 13.2. The van der Waals surface area contributed by atoms with Crippen molar-refractivity contribution < 1.29 is 14.3 Å². The molecule has 0 bridgehead atoms. The number of amides is 1. The van der Waals surface area contributed by atoms with Crippen LogP contribution in [0.5, 0.6) is 11.5 Å². The molecule has 1 atom stereocenters. The average Bonchev–Trinajstić information content (AvgIpc) is 3.25. The highest BCUT2D eigenvalue weighted by molar-refractivity contribution is 7.99. The minimum Gasteiger partial charge on any atom is -0.497 e. The van der Waals surface area contributed by atoms with E-state index < -0.39 is 0 Å². The molecule has 0 aliphatic heterocycles. The first-order valence-corrected chi connectivity index (χ1v) is 13.0. The molecule has 1 unspecified atom stereocenters. The van der Waals surface area contributed by atoms with Crippen LogP contribution in [0.1, 0.15) is 51.5 Å². The van der Waals surface area contributed by atoms with Gasteiger partial charge in [0.25, 0.3) is 0 Å². The summed E-state index contributed by atoms with van der Waals surface area (Å²) in [5.41, 5.74) is 1.06. The van der Waals surface area contributed by atoms with E-state index >= 15 is 0 Å². The molecule has 7 nitrogen and oxygen atoms in total. The summed E-state index contributed by atoms with van der Waals surface area (Å²) in [5.74, 6) is 3.36. The Morgan fingerprint density at radius 2 is 1.71 bits per heavy atom. The molecule has 35 heavy (non-hydrogen) atoms. The molecule has 0 spiro atoms. The summed E-state index contributed by atoms with van der Waals surface area (Å²) in [5, 5.41) is 12.7. The molecule has 3 rings (SSSR count). The lowest BCUT2D eigenvalue weighted by Gasteiger charge is -2.23. The predicted molar refractivity (Wildman–Crippen MR) is 140 cm³/mol. The largest absolute Gasteiger partial charge is 0.497 e. The monoisotopic (exact) mass is 496 g/mol. The number of carbonyl (C=O) groups is 1. The second-order valence-electron chi connectivity index (χ2n) is 9.19. The number of hydrogen-bond acceptors (Lipinski definition) is 6. The summed E-state index contributed by atoms with van der Waals surface area (Å²) in [6, 6.07) is 17.4. The smallest absolute Gasteiger partial charge is 0.230 e. The lowest BCUT2D eigenvalue weighted by Crippen LogP contribution is -2.33. The van der Waals surface area contributed by atoms with Gasteiger partial charge in [-0.05, 0) is 48.1 Å². The number of thioether (sulfide) groups is 1. The predicted octanol–water partition coefficient (Wildman–Crippen LogP) is 5.52. The quantitative estimate of drug-likeness (QED) is 0.314. The van der Waals surface area contributed by atoms with Crippen LogP contribution in [0.4, 0.5) is 0 Å². The zero-order valence-electron chi connectivity index (χ0n) is 21.2. The summed E-state index contributed by atoms with van der Waals surface area (Å²) in [4.78, 5) is 12.9. The van der Waals surface area contributed by atoms with E-state index in [1.165, 1.54) is 11.8 Å². The molecule has 2 aromatic carbocycles. The van der Waals surface area contributed by atoms with Crippen molar-refractivity contribution in [1.82, 2.24) is 20.1 Å². The van der Waals surface area contributed by atoms with Crippen LogP contribution in [0, 0.1) is 11.8 Å². The highest BCUT2D eigenvalue weighted by Crippen LogP contribution is 2.25. The first-order chi connectivity index (χ1) is 16.9. The minimum atomic E-state index is -0.0809. The molecule has 0 saturated carbocycles. The van der Waals surface area contributed by atoms with Gasteiger partial charge in [-0.3, -0.25) is 4.79 Å². The number of aromatic nitrogens is 3. The molecule has 1 aromatic heterocycles. The third kappa shape index (κ3) is 8.02. The molecule has 1 amide bonds. The van der Waals surface area contributed by atoms with Crippen LogP contribution in [0.3, 0.4) is 0 Å². The molecule has 1 N–H and O–H groups in total. The second-order valence-corrected chi connectivity index (χ2v) is 10.1. The Labute approximate surface area is 212 Å². The van der Waals surface area contributed by atoms with E-state index in [1.54, 1.807) is 7.11 Å². The standard InChI is InChI=1S/C27H36N4O3S/c1-19(2)15-16-31-24(17-34-23-9-7-6-8-10-23)29-30-27(31)35-18-25(32)28-26(20(3)4)21-11-13-22(33-5)14-12-21/h6-14,19-20,26H,15-18H2,1-5H3,(H,28,32). The number of hydrogen-bond donors (Lipinski definition) is 1. The van der Waals surface area contributed by atoms with Gasteiger partial charge in [-0.2, -0.15) is 0 Å². The van der Waals surface area contributed by atoms with Crippen molar-refractivity contribution in [1.29, 1.82) is 0 Å². The van der Waals surface area contributed by atoms with E-state index in [1.807, 2.05) is 54.6 Å². The van der Waals surface area contributed by atoms with Crippen molar-refractivity contribution in [3.63, 3.8) is 0 Å². The molecule has 3 aromatic rings. The Hall–Kier alpha value is -3.00. The summed E-state index contributed by atoms with van der Waals surface area (Å²) in [6.45, 7) is 9.69. The van der Waals surface area contributed by atoms with E-state index in [9.17, 15) is 4.79 Å². The van der Waals surface area contributed by atoms with Gasteiger partial charge in [0, 0.05) is 6.54 Å². The van der Waals surface area contributed by atoms with Gasteiger partial charge in [0.1, 0.15) is 18.1 Å². The van der Waals surface area contributed by atoms with E-state index in [0.717, 1.165) is 41.0 Å². The number of benzene rings is 2. The normalized spacial score (nSPS) is 12.1. The van der Waals surface area contributed by atoms with E-state index in [4.69, 9.17) is 9.47 Å². The SMILES string of the molecule is COc1ccc(C(NC(=O)CSc2nnc(COc3ccccc3)n2CCC(C)C)C(C)C)cc1. The fourth-order valence-corrected chi connectivity index (χ4v) is 4.39. The fraction of sp³-hybridized carbons (Fsp3) is 0.444. The Kier molecular flexibility index (Phi) is 10.0. The van der Waals surface area contributed by atoms with Gasteiger partial charge in [0.2, 0.25) is 5.91 Å². The Balaban J connectivity index is 1.65. The minimum absolute atomic E-state index is 0.0370. The van der Waals surface area contributed by atoms with Crippen molar-refractivity contribution in [2.75, 3.05) is 12.9 Å². The van der Waals surface area contributed by atoms with Crippen molar-refractivity contribution in [3.8, 4) is 11.5 Å². The summed E-state index contributed by atoms with van der Waals surface area (Å²) in [6.07, 6.45) is 0.989. The number of para-hydroxylation sites is 1. The lowest BCUT2D eigenvalue weighted by molar-refractivity contribution is -0.119. The zero-order valence-corrected chi connectivity index (χ0v) is 22.0. The first kappa shape index (κ1) is 26.6. The highest BCUT2D eigenvalue weighted by Gasteiger charge is 2.20. The molecule has 0 saturated heterocycles. The van der Waals surface area contributed by atoms with Gasteiger partial charge in [0.15, 0.2) is 11.0 Å². The van der Waals surface area contributed by atoms with E-state index in [0.29, 0.717) is 12.5 Å². The van der Waals surface area contributed by atoms with E-state index in [-0.39, 0.29) is 23.6 Å². The summed E-state index contributed by atoms with van der Waals surface area (Å²) >= 11 is 1.41. The maximum atomic E-state index is 12.9. The van der Waals surface area contributed by atoms with Crippen LogP contribution in [-0.2, 0) is 17.9 Å². The lowest BCUT2D eigenvalue weighted by atomic mass is 9.96. The molecule has 188 valence electrons. The number of ether oxygens (including phenoxy) is 2. The fourth-order valence-electron chi connectivity index (χ4n) is 3.60. The molecule has 0 aliphatic rings. The molecule has 0 radical (unpaired) electrons. The van der Waals surface area contributed by atoms with Gasteiger partial charge in [-0.1, -0.05) is 69.8 Å². The molecule has 8 heteroatoms. The van der Waals surface area contributed by atoms with Crippen molar-refractivity contribution in [2.24, 2.45) is 11.8 Å². The van der Waals surface area contributed by atoms with Crippen molar-refractivity contribution >= 4 is 17.7 Å². The van der Waals surface area contributed by atoms with Crippen molar-refractivity contribution in [3.05, 3.63) is 66.0 Å². The first-order valence-electron chi connectivity index (χ1n) is 12.0. The third-order valence-corrected chi connectivity index (χ3v) is 6.59. The topological polar surface area (TPSA) is 78.3 Å². The van der Waals surface area contributed by atoms with Crippen LogP contribution in [0.2, 0.25) is 0 Å². The van der Waals surface area contributed by atoms with Crippen LogP contribution < -0.4 is 14.8 Å². The number of nitrogens with one attached hydrogen (secondary N) is 1. The second kappa shape index (κ2) is 13.2. The van der Waals surface area contributed by atoms with Gasteiger partial charge in [0.05, 0.1) is 18.9 Å². The number of nitrogens with zero attached hydrogens (tertiary/aromatic N) is 3. The van der Waals surface area contributed by atoms with Crippen LogP contribution in [-0.4, -0.2) is 33.5 Å². The van der Waals surface area contributed by atoms with Crippen LogP contribution >= 0.6 is 11.8 Å². The number of methoxy groups -OCH3 is 1. The Morgan fingerprint density at radius 1 is 1.00 bits per heavy atom. The van der Waals surface area contributed by atoms with Crippen molar-refractivity contribution in [2.45, 2.75) is 58.5 Å². The van der Waals surface area contributed by atoms with Gasteiger partial charge >= 0.3 is 0 Å². The van der Waals surface area contributed by atoms with Gasteiger partial charge in [-0.25, -0.2) is 0 Å². The van der Waals surface area contributed by atoms with Crippen LogP contribution in [0.15, 0.2) is 59.8 Å². The van der Waals surface area contributed by atoms with E-state index in [2.05, 4.69) is 47.8 Å². The molecular formula is C27H36N4O3S. The third-order valence-electron chi connectivity index (χ3n) is 5.63. The molecule has 0 aliphatic carbocycles. The maximum absolute atomic E-state index is 12.9. The Bertz CT molecular complexity index is 1050. The number of rotatable bonds is 13. The molecule has 1 heterocycles. The molecular weight excluding hydrogens is 460 g/mol. The maximum Gasteiger partial charge on any atom is 0.230 e. The molecule has 0 fully saturated rings. The average molecular weight is 497 g/mol. The van der Waals surface area contributed by atoms with Gasteiger partial charge in [-0.15, -0.1) is 10.2 Å².